The third-order valence-electron chi connectivity index (χ3n) is 4.33. The summed E-state index contributed by atoms with van der Waals surface area (Å²) in [5.74, 6) is -0.937. The second-order valence-corrected chi connectivity index (χ2v) is 7.72. The maximum absolute atomic E-state index is 12.7. The fraction of sp³-hybridized carbons (Fsp3) is 0.368. The van der Waals surface area contributed by atoms with E-state index in [1.165, 1.54) is 30.6 Å². The van der Waals surface area contributed by atoms with Crippen LogP contribution in [0.15, 0.2) is 18.2 Å². The van der Waals surface area contributed by atoms with E-state index in [9.17, 15) is 19.7 Å². The van der Waals surface area contributed by atoms with Gasteiger partial charge in [-0.05, 0) is 50.8 Å². The van der Waals surface area contributed by atoms with Gasteiger partial charge in [-0.2, -0.15) is 0 Å². The number of ether oxygens (including phenoxy) is 2. The van der Waals surface area contributed by atoms with Crippen LogP contribution in [0.1, 0.15) is 51.4 Å². The molecule has 1 aromatic heterocycles. The number of carbonyl (C=O) groups excluding carboxylic acids is 2. The Hall–Kier alpha value is -2.94. The van der Waals surface area contributed by atoms with Gasteiger partial charge in [0.05, 0.1) is 23.7 Å². The van der Waals surface area contributed by atoms with E-state index in [1.54, 1.807) is 13.8 Å². The normalized spacial score (nSPS) is 12.6. The standard InChI is InChI=1S/C19H20N2O6S/c1-10(2)27-19(23)16-12-5-4-6-15(12)28-18(16)20-17(22)11-7-8-14(26-3)13(9-11)21(24)25/h7-10H,4-6H2,1-3H3,(H,20,22). The molecule has 8 nitrogen and oxygen atoms in total. The van der Waals surface area contributed by atoms with Gasteiger partial charge in [0.15, 0.2) is 5.75 Å². The van der Waals surface area contributed by atoms with E-state index in [4.69, 9.17) is 9.47 Å². The Morgan fingerprint density at radius 3 is 2.68 bits per heavy atom. The Kier molecular flexibility index (Phi) is 5.64. The van der Waals surface area contributed by atoms with E-state index in [2.05, 4.69) is 5.32 Å². The lowest BCUT2D eigenvalue weighted by molar-refractivity contribution is -0.385. The first-order valence-corrected chi connectivity index (χ1v) is 9.62. The number of hydrogen-bond acceptors (Lipinski definition) is 7. The summed E-state index contributed by atoms with van der Waals surface area (Å²) >= 11 is 1.35. The summed E-state index contributed by atoms with van der Waals surface area (Å²) < 4.78 is 10.3. The van der Waals surface area contributed by atoms with Gasteiger partial charge < -0.3 is 14.8 Å². The van der Waals surface area contributed by atoms with E-state index in [0.717, 1.165) is 35.8 Å². The van der Waals surface area contributed by atoms with Crippen LogP contribution in [0.4, 0.5) is 10.7 Å². The molecule has 0 bridgehead atoms. The highest BCUT2D eigenvalue weighted by molar-refractivity contribution is 7.17. The van der Waals surface area contributed by atoms with Crippen LogP contribution in [0.5, 0.6) is 5.75 Å². The smallest absolute Gasteiger partial charge is 0.341 e. The van der Waals surface area contributed by atoms with Crippen molar-refractivity contribution in [2.75, 3.05) is 12.4 Å². The summed E-state index contributed by atoms with van der Waals surface area (Å²) in [6.45, 7) is 3.53. The van der Waals surface area contributed by atoms with Crippen LogP contribution < -0.4 is 10.1 Å². The number of esters is 1. The number of nitro groups is 1. The average molecular weight is 404 g/mol. The molecule has 0 unspecified atom stereocenters. The van der Waals surface area contributed by atoms with Crippen molar-refractivity contribution in [3.63, 3.8) is 0 Å². The molecule has 1 amide bonds. The molecule has 0 saturated carbocycles. The molecule has 3 rings (SSSR count). The number of nitrogens with zero attached hydrogens (tertiary/aromatic N) is 1. The highest BCUT2D eigenvalue weighted by Crippen LogP contribution is 2.40. The minimum atomic E-state index is -0.610. The lowest BCUT2D eigenvalue weighted by atomic mass is 10.1. The van der Waals surface area contributed by atoms with Crippen molar-refractivity contribution < 1.29 is 24.0 Å². The Morgan fingerprint density at radius 1 is 1.29 bits per heavy atom. The summed E-state index contributed by atoms with van der Waals surface area (Å²) in [6, 6.07) is 3.96. The number of carbonyl (C=O) groups is 2. The summed E-state index contributed by atoms with van der Waals surface area (Å²) in [4.78, 5) is 36.9. The van der Waals surface area contributed by atoms with Gasteiger partial charge in [-0.3, -0.25) is 14.9 Å². The molecule has 1 aliphatic carbocycles. The maximum Gasteiger partial charge on any atom is 0.341 e. The number of fused-ring (bicyclic) bond motifs is 1. The number of nitrogens with one attached hydrogen (secondary N) is 1. The third kappa shape index (κ3) is 3.84. The molecule has 1 aromatic carbocycles. The predicted octanol–water partition coefficient (Wildman–Crippen LogP) is 3.97. The van der Waals surface area contributed by atoms with Crippen LogP contribution in [0.2, 0.25) is 0 Å². The van der Waals surface area contributed by atoms with Crippen molar-refractivity contribution in [3.05, 3.63) is 49.9 Å². The van der Waals surface area contributed by atoms with Gasteiger partial charge in [-0.15, -0.1) is 11.3 Å². The summed E-state index contributed by atoms with van der Waals surface area (Å²) in [5, 5.41) is 14.3. The molecule has 0 aliphatic heterocycles. The van der Waals surface area contributed by atoms with Crippen LogP contribution >= 0.6 is 11.3 Å². The van der Waals surface area contributed by atoms with Gasteiger partial charge in [-0.1, -0.05) is 0 Å². The van der Waals surface area contributed by atoms with Crippen molar-refractivity contribution in [1.29, 1.82) is 0 Å². The highest BCUT2D eigenvalue weighted by atomic mass is 32.1. The molecule has 0 fully saturated rings. The number of methoxy groups -OCH3 is 1. The van der Waals surface area contributed by atoms with Crippen LogP contribution in [-0.2, 0) is 17.6 Å². The topological polar surface area (TPSA) is 108 Å². The minimum absolute atomic E-state index is 0.0675. The second-order valence-electron chi connectivity index (χ2n) is 6.61. The summed E-state index contributed by atoms with van der Waals surface area (Å²) in [6.07, 6.45) is 2.30. The number of thiophene rings is 1. The van der Waals surface area contributed by atoms with E-state index in [-0.39, 0.29) is 23.1 Å². The van der Waals surface area contributed by atoms with Crippen molar-refractivity contribution in [2.24, 2.45) is 0 Å². The Labute approximate surface area is 165 Å². The zero-order valence-electron chi connectivity index (χ0n) is 15.7. The first-order valence-electron chi connectivity index (χ1n) is 8.81. The molecule has 0 atom stereocenters. The number of rotatable bonds is 6. The molecule has 9 heteroatoms. The molecular formula is C19H20N2O6S. The Balaban J connectivity index is 1.92. The minimum Gasteiger partial charge on any atom is -0.490 e. The first kappa shape index (κ1) is 19.8. The van der Waals surface area contributed by atoms with E-state index >= 15 is 0 Å². The molecule has 1 N–H and O–H groups in total. The van der Waals surface area contributed by atoms with Crippen LogP contribution in [-0.4, -0.2) is 30.0 Å². The summed E-state index contributed by atoms with van der Waals surface area (Å²) in [5.41, 5.74) is 1.11. The lowest BCUT2D eigenvalue weighted by Crippen LogP contribution is -2.17. The van der Waals surface area contributed by atoms with Gasteiger partial charge in [0.2, 0.25) is 0 Å². The molecular weight excluding hydrogens is 384 g/mol. The SMILES string of the molecule is COc1ccc(C(=O)Nc2sc3c(c2C(=O)OC(C)C)CCC3)cc1[N+](=O)[O-]. The molecule has 1 heterocycles. The third-order valence-corrected chi connectivity index (χ3v) is 5.54. The molecule has 148 valence electrons. The van der Waals surface area contributed by atoms with Crippen molar-refractivity contribution >= 4 is 33.9 Å². The number of hydrogen-bond donors (Lipinski definition) is 1. The molecule has 1 aliphatic rings. The summed E-state index contributed by atoms with van der Waals surface area (Å²) in [7, 11) is 1.32. The van der Waals surface area contributed by atoms with Gasteiger partial charge in [0.25, 0.3) is 5.91 Å². The first-order chi connectivity index (χ1) is 13.3. The van der Waals surface area contributed by atoms with E-state index in [0.29, 0.717) is 10.6 Å². The van der Waals surface area contributed by atoms with Crippen molar-refractivity contribution in [2.45, 2.75) is 39.2 Å². The fourth-order valence-corrected chi connectivity index (χ4v) is 4.40. The second kappa shape index (κ2) is 7.97. The number of nitro benzene ring substituents is 1. The molecule has 0 saturated heterocycles. The quantitative estimate of drug-likeness (QED) is 0.443. The van der Waals surface area contributed by atoms with E-state index < -0.39 is 16.8 Å². The predicted molar refractivity (Wildman–Crippen MR) is 104 cm³/mol. The Bertz CT molecular complexity index is 950. The Morgan fingerprint density at radius 2 is 2.04 bits per heavy atom. The largest absolute Gasteiger partial charge is 0.490 e. The monoisotopic (exact) mass is 404 g/mol. The molecule has 28 heavy (non-hydrogen) atoms. The van der Waals surface area contributed by atoms with Gasteiger partial charge >= 0.3 is 11.7 Å². The number of aryl methyl sites for hydroxylation is 1. The lowest BCUT2D eigenvalue weighted by Gasteiger charge is -2.11. The zero-order valence-corrected chi connectivity index (χ0v) is 16.6. The molecule has 2 aromatic rings. The van der Waals surface area contributed by atoms with Crippen molar-refractivity contribution in [3.8, 4) is 5.75 Å². The highest BCUT2D eigenvalue weighted by Gasteiger charge is 2.29. The fourth-order valence-electron chi connectivity index (χ4n) is 3.13. The van der Waals surface area contributed by atoms with Crippen LogP contribution in [0, 0.1) is 10.1 Å². The van der Waals surface area contributed by atoms with Crippen LogP contribution in [0.25, 0.3) is 0 Å². The van der Waals surface area contributed by atoms with Crippen LogP contribution in [0.3, 0.4) is 0 Å². The number of benzene rings is 1. The molecule has 0 radical (unpaired) electrons. The average Bonchev–Trinajstić information content (AvgIpc) is 3.20. The van der Waals surface area contributed by atoms with Gasteiger partial charge in [0.1, 0.15) is 5.00 Å². The number of anilines is 1. The van der Waals surface area contributed by atoms with Gasteiger partial charge in [0, 0.05) is 16.5 Å². The zero-order chi connectivity index (χ0) is 20.4. The van der Waals surface area contributed by atoms with E-state index in [1.807, 2.05) is 0 Å². The van der Waals surface area contributed by atoms with Crippen molar-refractivity contribution in [1.82, 2.24) is 0 Å². The molecule has 0 spiro atoms. The maximum atomic E-state index is 12.7. The van der Waals surface area contributed by atoms with Gasteiger partial charge in [-0.25, -0.2) is 4.79 Å². The number of amides is 1.